The molecule has 0 saturated carbocycles. The highest BCUT2D eigenvalue weighted by atomic mass is 16.2. The van der Waals surface area contributed by atoms with E-state index in [9.17, 15) is 10.1 Å². The van der Waals surface area contributed by atoms with Gasteiger partial charge in [-0.2, -0.15) is 5.26 Å². The Kier molecular flexibility index (Phi) is 3.42. The van der Waals surface area contributed by atoms with Gasteiger partial charge in [-0.15, -0.1) is 0 Å². The first kappa shape index (κ1) is 12.7. The van der Waals surface area contributed by atoms with Crippen LogP contribution in [0.2, 0.25) is 0 Å². The zero-order valence-electron chi connectivity index (χ0n) is 11.2. The molecule has 6 heteroatoms. The zero-order chi connectivity index (χ0) is 13.9. The van der Waals surface area contributed by atoms with Gasteiger partial charge in [0.15, 0.2) is 0 Å². The molecule has 2 aliphatic rings. The number of hydrogen-bond acceptors (Lipinski definition) is 4. The van der Waals surface area contributed by atoms with Gasteiger partial charge < -0.3 is 15.1 Å². The van der Waals surface area contributed by atoms with E-state index in [4.69, 9.17) is 0 Å². The molecule has 1 N–H and O–H groups in total. The Labute approximate surface area is 118 Å². The van der Waals surface area contributed by atoms with Gasteiger partial charge in [-0.05, 0) is 25.0 Å². The Hall–Kier alpha value is -2.29. The minimum absolute atomic E-state index is 0.0263. The van der Waals surface area contributed by atoms with Crippen molar-refractivity contribution in [1.82, 2.24) is 15.2 Å². The molecule has 1 atom stereocenters. The summed E-state index contributed by atoms with van der Waals surface area (Å²) in [6, 6.07) is 5.98. The van der Waals surface area contributed by atoms with E-state index in [1.165, 1.54) is 0 Å². The van der Waals surface area contributed by atoms with Crippen molar-refractivity contribution in [2.45, 2.75) is 18.9 Å². The van der Waals surface area contributed by atoms with Gasteiger partial charge >= 0.3 is 6.03 Å². The Morgan fingerprint density at radius 2 is 2.35 bits per heavy atom. The molecule has 2 saturated heterocycles. The third-order valence-electron chi connectivity index (χ3n) is 3.93. The summed E-state index contributed by atoms with van der Waals surface area (Å²) >= 11 is 0. The lowest BCUT2D eigenvalue weighted by molar-refractivity contribution is 0.189. The molecule has 0 unspecified atom stereocenters. The summed E-state index contributed by atoms with van der Waals surface area (Å²) < 4.78 is 0. The number of aromatic nitrogens is 1. The Morgan fingerprint density at radius 3 is 3.10 bits per heavy atom. The summed E-state index contributed by atoms with van der Waals surface area (Å²) in [4.78, 5) is 20.1. The Bertz CT molecular complexity index is 553. The molecule has 3 heterocycles. The molecule has 2 fully saturated rings. The second-order valence-electron chi connectivity index (χ2n) is 5.15. The second kappa shape index (κ2) is 5.37. The van der Waals surface area contributed by atoms with Gasteiger partial charge in [0.25, 0.3) is 0 Å². The SMILES string of the molecule is N#Cc1cccnc1N1CCC[C@@H](N2CCNC2=O)C1. The van der Waals surface area contributed by atoms with Crippen LogP contribution in [-0.2, 0) is 0 Å². The normalized spacial score (nSPS) is 22.6. The van der Waals surface area contributed by atoms with Crippen LogP contribution in [0.1, 0.15) is 18.4 Å². The van der Waals surface area contributed by atoms with Gasteiger partial charge in [-0.25, -0.2) is 9.78 Å². The van der Waals surface area contributed by atoms with E-state index < -0.39 is 0 Å². The molecule has 2 aliphatic heterocycles. The van der Waals surface area contributed by atoms with Gasteiger partial charge in [0.1, 0.15) is 11.9 Å². The molecule has 1 aromatic rings. The molecular weight excluding hydrogens is 254 g/mol. The van der Waals surface area contributed by atoms with E-state index in [2.05, 4.69) is 21.3 Å². The molecule has 3 rings (SSSR count). The van der Waals surface area contributed by atoms with Crippen molar-refractivity contribution >= 4 is 11.8 Å². The number of urea groups is 1. The molecule has 0 bridgehead atoms. The van der Waals surface area contributed by atoms with Crippen LogP contribution in [0.3, 0.4) is 0 Å². The maximum atomic E-state index is 11.8. The Morgan fingerprint density at radius 1 is 1.45 bits per heavy atom. The number of rotatable bonds is 2. The fourth-order valence-corrected chi connectivity index (χ4v) is 2.97. The van der Waals surface area contributed by atoms with E-state index in [-0.39, 0.29) is 12.1 Å². The van der Waals surface area contributed by atoms with E-state index in [0.29, 0.717) is 5.56 Å². The smallest absolute Gasteiger partial charge is 0.317 e. The van der Waals surface area contributed by atoms with Crippen molar-refractivity contribution < 1.29 is 4.79 Å². The van der Waals surface area contributed by atoms with Crippen LogP contribution >= 0.6 is 0 Å². The molecule has 0 radical (unpaired) electrons. The maximum Gasteiger partial charge on any atom is 0.317 e. The summed E-state index contributed by atoms with van der Waals surface area (Å²) in [5.74, 6) is 0.735. The minimum Gasteiger partial charge on any atom is -0.353 e. The summed E-state index contributed by atoms with van der Waals surface area (Å²) in [5.41, 5.74) is 0.596. The molecule has 6 nitrogen and oxygen atoms in total. The lowest BCUT2D eigenvalue weighted by Gasteiger charge is -2.37. The first-order chi connectivity index (χ1) is 9.79. The number of carbonyl (C=O) groups is 1. The average molecular weight is 271 g/mol. The van der Waals surface area contributed by atoms with Crippen LogP contribution < -0.4 is 10.2 Å². The van der Waals surface area contributed by atoms with E-state index >= 15 is 0 Å². The van der Waals surface area contributed by atoms with Crippen LogP contribution in [0.5, 0.6) is 0 Å². The summed E-state index contributed by atoms with van der Waals surface area (Å²) in [5, 5.41) is 12.0. The van der Waals surface area contributed by atoms with Crippen molar-refractivity contribution in [3.8, 4) is 6.07 Å². The van der Waals surface area contributed by atoms with Crippen molar-refractivity contribution in [1.29, 1.82) is 5.26 Å². The highest BCUT2D eigenvalue weighted by Crippen LogP contribution is 2.24. The quantitative estimate of drug-likeness (QED) is 0.869. The first-order valence-electron chi connectivity index (χ1n) is 6.94. The summed E-state index contributed by atoms with van der Waals surface area (Å²) in [6.45, 7) is 3.13. The average Bonchev–Trinajstić information content (AvgIpc) is 2.93. The zero-order valence-corrected chi connectivity index (χ0v) is 11.2. The third kappa shape index (κ3) is 2.27. The molecular formula is C14H17N5O. The second-order valence-corrected chi connectivity index (χ2v) is 5.15. The highest BCUT2D eigenvalue weighted by molar-refractivity contribution is 5.76. The van der Waals surface area contributed by atoms with Crippen molar-refractivity contribution in [3.05, 3.63) is 23.9 Å². The summed E-state index contributed by atoms with van der Waals surface area (Å²) in [7, 11) is 0. The van der Waals surface area contributed by atoms with Crippen LogP contribution in [0.15, 0.2) is 18.3 Å². The molecule has 2 amide bonds. The number of piperidine rings is 1. The predicted molar refractivity (Wildman–Crippen MR) is 74.3 cm³/mol. The molecule has 0 aliphatic carbocycles. The molecule has 0 spiro atoms. The van der Waals surface area contributed by atoms with Gasteiger partial charge in [0.05, 0.1) is 11.6 Å². The first-order valence-corrected chi connectivity index (χ1v) is 6.94. The number of anilines is 1. The van der Waals surface area contributed by atoms with Crippen molar-refractivity contribution in [2.75, 3.05) is 31.1 Å². The third-order valence-corrected chi connectivity index (χ3v) is 3.93. The van der Waals surface area contributed by atoms with Crippen molar-refractivity contribution in [2.24, 2.45) is 0 Å². The van der Waals surface area contributed by atoms with E-state index in [1.807, 2.05) is 4.90 Å². The van der Waals surface area contributed by atoms with Crippen LogP contribution in [-0.4, -0.2) is 48.1 Å². The molecule has 20 heavy (non-hydrogen) atoms. The summed E-state index contributed by atoms with van der Waals surface area (Å²) in [6.07, 6.45) is 3.73. The van der Waals surface area contributed by atoms with Gasteiger partial charge in [-0.1, -0.05) is 0 Å². The lowest BCUT2D eigenvalue weighted by atomic mass is 10.0. The van der Waals surface area contributed by atoms with E-state index in [1.54, 1.807) is 18.3 Å². The van der Waals surface area contributed by atoms with Crippen LogP contribution in [0.25, 0.3) is 0 Å². The Balaban J connectivity index is 1.78. The van der Waals surface area contributed by atoms with Crippen LogP contribution in [0.4, 0.5) is 10.6 Å². The standard InChI is InChI=1S/C14H17N5O/c15-9-11-3-1-5-16-13(11)18-7-2-4-12(10-18)19-8-6-17-14(19)20/h1,3,5,12H,2,4,6-8,10H2,(H,17,20)/t12-/m1/s1. The number of nitriles is 1. The van der Waals surface area contributed by atoms with Gasteiger partial charge in [0.2, 0.25) is 0 Å². The fraction of sp³-hybridized carbons (Fsp3) is 0.500. The van der Waals surface area contributed by atoms with Gasteiger partial charge in [0, 0.05) is 32.4 Å². The molecule has 0 aromatic carbocycles. The number of nitrogens with one attached hydrogen (secondary N) is 1. The largest absolute Gasteiger partial charge is 0.353 e. The minimum atomic E-state index is 0.0263. The lowest BCUT2D eigenvalue weighted by Crippen LogP contribution is -2.49. The van der Waals surface area contributed by atoms with E-state index in [0.717, 1.165) is 44.8 Å². The number of amides is 2. The number of nitrogens with zero attached hydrogens (tertiary/aromatic N) is 4. The molecule has 104 valence electrons. The monoisotopic (exact) mass is 271 g/mol. The fourth-order valence-electron chi connectivity index (χ4n) is 2.97. The number of hydrogen-bond donors (Lipinski definition) is 1. The van der Waals surface area contributed by atoms with Crippen LogP contribution in [0, 0.1) is 11.3 Å². The number of carbonyl (C=O) groups excluding carboxylic acids is 1. The molecule has 1 aromatic heterocycles. The van der Waals surface area contributed by atoms with Gasteiger partial charge in [-0.3, -0.25) is 0 Å². The predicted octanol–water partition coefficient (Wildman–Crippen LogP) is 0.947. The topological polar surface area (TPSA) is 72.3 Å². The maximum absolute atomic E-state index is 11.8. The van der Waals surface area contributed by atoms with Crippen molar-refractivity contribution in [3.63, 3.8) is 0 Å². The highest BCUT2D eigenvalue weighted by Gasteiger charge is 2.32. The number of pyridine rings is 1.